The molecule has 1 saturated heterocycles. The summed E-state index contributed by atoms with van der Waals surface area (Å²) in [6.45, 7) is 5.06. The summed E-state index contributed by atoms with van der Waals surface area (Å²) in [5, 5.41) is 12.1. The van der Waals surface area contributed by atoms with Crippen LogP contribution in [0.1, 0.15) is 32.3 Å². The number of anilines is 1. The van der Waals surface area contributed by atoms with E-state index in [-0.39, 0.29) is 18.2 Å². The summed E-state index contributed by atoms with van der Waals surface area (Å²) < 4.78 is 5.19. The van der Waals surface area contributed by atoms with E-state index in [1.807, 2.05) is 19.9 Å². The second kappa shape index (κ2) is 6.93. The van der Waals surface area contributed by atoms with E-state index in [1.165, 1.54) is 0 Å². The molecule has 1 amide bonds. The molecule has 1 aliphatic rings. The van der Waals surface area contributed by atoms with Crippen LogP contribution in [-0.4, -0.2) is 41.2 Å². The SMILES string of the molecule is CC(C)OC(=O)N1CCC(Nc2ccc(C#N)cn2)CC1. The maximum absolute atomic E-state index is 11.8. The lowest BCUT2D eigenvalue weighted by Gasteiger charge is -2.32. The number of nitriles is 1. The van der Waals surface area contributed by atoms with Crippen molar-refractivity contribution in [1.82, 2.24) is 9.88 Å². The van der Waals surface area contributed by atoms with Crippen molar-refractivity contribution in [1.29, 1.82) is 5.26 Å². The predicted octanol–water partition coefficient (Wildman–Crippen LogP) is 2.37. The van der Waals surface area contributed by atoms with Crippen molar-refractivity contribution in [2.24, 2.45) is 0 Å². The van der Waals surface area contributed by atoms with Crippen LogP contribution in [0, 0.1) is 11.3 Å². The van der Waals surface area contributed by atoms with E-state index in [0.29, 0.717) is 18.7 Å². The maximum atomic E-state index is 11.8. The lowest BCUT2D eigenvalue weighted by Crippen LogP contribution is -2.43. The standard InChI is InChI=1S/C15H20N4O2/c1-11(2)21-15(20)19-7-5-13(6-8-19)18-14-4-3-12(9-16)10-17-14/h3-4,10-11,13H,5-8H2,1-2H3,(H,17,18). The topological polar surface area (TPSA) is 78.2 Å². The number of carbonyl (C=O) groups is 1. The number of rotatable bonds is 3. The van der Waals surface area contributed by atoms with Crippen LogP contribution < -0.4 is 5.32 Å². The minimum Gasteiger partial charge on any atom is -0.447 e. The minimum atomic E-state index is -0.236. The summed E-state index contributed by atoms with van der Waals surface area (Å²) in [6, 6.07) is 5.87. The zero-order valence-electron chi connectivity index (χ0n) is 12.4. The van der Waals surface area contributed by atoms with Crippen LogP contribution in [0.3, 0.4) is 0 Å². The average Bonchev–Trinajstić information content (AvgIpc) is 2.48. The predicted molar refractivity (Wildman–Crippen MR) is 78.8 cm³/mol. The molecule has 0 spiro atoms. The molecule has 21 heavy (non-hydrogen) atoms. The van der Waals surface area contributed by atoms with Gasteiger partial charge in [0, 0.05) is 25.3 Å². The van der Waals surface area contributed by atoms with E-state index in [1.54, 1.807) is 23.2 Å². The summed E-state index contributed by atoms with van der Waals surface area (Å²) >= 11 is 0. The maximum Gasteiger partial charge on any atom is 0.410 e. The van der Waals surface area contributed by atoms with Gasteiger partial charge in [0.25, 0.3) is 0 Å². The van der Waals surface area contributed by atoms with Crippen LogP contribution in [0.5, 0.6) is 0 Å². The van der Waals surface area contributed by atoms with Crippen molar-refractivity contribution in [2.45, 2.75) is 38.8 Å². The molecule has 1 N–H and O–H groups in total. The lowest BCUT2D eigenvalue weighted by molar-refractivity contribution is 0.0701. The van der Waals surface area contributed by atoms with Crippen molar-refractivity contribution in [3.05, 3.63) is 23.9 Å². The number of nitrogens with one attached hydrogen (secondary N) is 1. The first-order chi connectivity index (χ1) is 10.1. The highest BCUT2D eigenvalue weighted by Gasteiger charge is 2.24. The Kier molecular flexibility index (Phi) is 4.99. The van der Waals surface area contributed by atoms with Gasteiger partial charge in [0.15, 0.2) is 0 Å². The smallest absolute Gasteiger partial charge is 0.410 e. The second-order valence-corrected chi connectivity index (χ2v) is 5.38. The zero-order valence-corrected chi connectivity index (χ0v) is 12.4. The molecule has 1 aliphatic heterocycles. The van der Waals surface area contributed by atoms with Gasteiger partial charge in [0.05, 0.1) is 11.7 Å². The molecule has 0 atom stereocenters. The van der Waals surface area contributed by atoms with E-state index in [9.17, 15) is 4.79 Å². The summed E-state index contributed by atoms with van der Waals surface area (Å²) in [5.74, 6) is 0.761. The second-order valence-electron chi connectivity index (χ2n) is 5.38. The number of hydrogen-bond acceptors (Lipinski definition) is 5. The van der Waals surface area contributed by atoms with Crippen LogP contribution in [0.2, 0.25) is 0 Å². The van der Waals surface area contributed by atoms with Gasteiger partial charge in [-0.05, 0) is 38.8 Å². The Balaban J connectivity index is 1.81. The zero-order chi connectivity index (χ0) is 15.2. The van der Waals surface area contributed by atoms with Gasteiger partial charge in [0.1, 0.15) is 11.9 Å². The summed E-state index contributed by atoms with van der Waals surface area (Å²) in [6.07, 6.45) is 2.94. The molecular formula is C15H20N4O2. The van der Waals surface area contributed by atoms with E-state index in [4.69, 9.17) is 10.00 Å². The molecule has 0 bridgehead atoms. The highest BCUT2D eigenvalue weighted by molar-refractivity contribution is 5.67. The number of carbonyl (C=O) groups excluding carboxylic acids is 1. The Morgan fingerprint density at radius 2 is 2.19 bits per heavy atom. The number of hydrogen-bond donors (Lipinski definition) is 1. The Hall–Kier alpha value is -2.29. The molecule has 2 heterocycles. The fourth-order valence-electron chi connectivity index (χ4n) is 2.24. The third kappa shape index (κ3) is 4.35. The van der Waals surface area contributed by atoms with Gasteiger partial charge < -0.3 is 15.0 Å². The number of pyridine rings is 1. The molecular weight excluding hydrogens is 268 g/mol. The Morgan fingerprint density at radius 1 is 1.48 bits per heavy atom. The van der Waals surface area contributed by atoms with E-state index < -0.39 is 0 Å². The molecule has 2 rings (SSSR count). The van der Waals surface area contributed by atoms with Gasteiger partial charge in [-0.3, -0.25) is 0 Å². The van der Waals surface area contributed by atoms with Crippen LogP contribution in [0.15, 0.2) is 18.3 Å². The lowest BCUT2D eigenvalue weighted by atomic mass is 10.1. The fourth-order valence-corrected chi connectivity index (χ4v) is 2.24. The molecule has 6 nitrogen and oxygen atoms in total. The van der Waals surface area contributed by atoms with Crippen LogP contribution in [0.4, 0.5) is 10.6 Å². The van der Waals surface area contributed by atoms with Crippen molar-refractivity contribution >= 4 is 11.9 Å². The van der Waals surface area contributed by atoms with Gasteiger partial charge in [-0.1, -0.05) is 0 Å². The Bertz CT molecular complexity index is 513. The first-order valence-corrected chi connectivity index (χ1v) is 7.16. The molecule has 0 aliphatic carbocycles. The molecule has 0 saturated carbocycles. The largest absolute Gasteiger partial charge is 0.447 e. The van der Waals surface area contributed by atoms with Gasteiger partial charge in [-0.2, -0.15) is 5.26 Å². The van der Waals surface area contributed by atoms with Gasteiger partial charge >= 0.3 is 6.09 Å². The van der Waals surface area contributed by atoms with Crippen molar-refractivity contribution < 1.29 is 9.53 Å². The number of ether oxygens (including phenoxy) is 1. The highest BCUT2D eigenvalue weighted by atomic mass is 16.6. The number of likely N-dealkylation sites (tertiary alicyclic amines) is 1. The third-order valence-corrected chi connectivity index (χ3v) is 3.33. The van der Waals surface area contributed by atoms with Gasteiger partial charge in [0.2, 0.25) is 0 Å². The molecule has 6 heteroatoms. The van der Waals surface area contributed by atoms with Crippen LogP contribution in [0.25, 0.3) is 0 Å². The van der Waals surface area contributed by atoms with Crippen molar-refractivity contribution in [3.8, 4) is 6.07 Å². The number of amides is 1. The normalized spacial score (nSPS) is 15.6. The van der Waals surface area contributed by atoms with E-state index in [2.05, 4.69) is 10.3 Å². The molecule has 1 aromatic heterocycles. The summed E-state index contributed by atoms with van der Waals surface area (Å²) in [4.78, 5) is 17.7. The quantitative estimate of drug-likeness (QED) is 0.923. The minimum absolute atomic E-state index is 0.0869. The number of piperidine rings is 1. The summed E-state index contributed by atoms with van der Waals surface area (Å²) in [5.41, 5.74) is 0.548. The molecule has 1 fully saturated rings. The number of nitrogens with zero attached hydrogens (tertiary/aromatic N) is 3. The average molecular weight is 288 g/mol. The monoisotopic (exact) mass is 288 g/mol. The molecule has 0 radical (unpaired) electrons. The molecule has 112 valence electrons. The number of aromatic nitrogens is 1. The van der Waals surface area contributed by atoms with Crippen LogP contribution >= 0.6 is 0 Å². The van der Waals surface area contributed by atoms with E-state index in [0.717, 1.165) is 18.7 Å². The molecule has 1 aromatic rings. The Morgan fingerprint density at radius 3 is 2.71 bits per heavy atom. The molecule has 0 aromatic carbocycles. The molecule has 0 unspecified atom stereocenters. The highest BCUT2D eigenvalue weighted by Crippen LogP contribution is 2.16. The van der Waals surface area contributed by atoms with Crippen molar-refractivity contribution in [3.63, 3.8) is 0 Å². The van der Waals surface area contributed by atoms with Gasteiger partial charge in [-0.15, -0.1) is 0 Å². The summed E-state index contributed by atoms with van der Waals surface area (Å²) in [7, 11) is 0. The first kappa shape index (κ1) is 15.1. The van der Waals surface area contributed by atoms with Crippen molar-refractivity contribution in [2.75, 3.05) is 18.4 Å². The fraction of sp³-hybridized carbons (Fsp3) is 0.533. The Labute approximate surface area is 124 Å². The van der Waals surface area contributed by atoms with Gasteiger partial charge in [-0.25, -0.2) is 9.78 Å². The van der Waals surface area contributed by atoms with E-state index >= 15 is 0 Å². The third-order valence-electron chi connectivity index (χ3n) is 3.33. The van der Waals surface area contributed by atoms with Crippen LogP contribution in [-0.2, 0) is 4.74 Å². The first-order valence-electron chi connectivity index (χ1n) is 7.16.